The Morgan fingerprint density at radius 1 is 0.186 bits per heavy atom. The van der Waals surface area contributed by atoms with Crippen LogP contribution in [-0.2, 0) is 0 Å². The first-order chi connectivity index (χ1) is 50.6. The highest BCUT2D eigenvalue weighted by Gasteiger charge is 2.94. The fourth-order valence-corrected chi connectivity index (χ4v) is 60.4. The minimum absolute atomic E-state index is 0.971. The van der Waals surface area contributed by atoms with E-state index >= 15 is 0 Å². The summed E-state index contributed by atoms with van der Waals surface area (Å²) in [5.41, 5.74) is 0. The molecule has 542 valence electrons. The quantitative estimate of drug-likeness (QED) is 0.194. The van der Waals surface area contributed by atoms with E-state index in [1.807, 2.05) is 38.5 Å². The van der Waals surface area contributed by atoms with Crippen molar-refractivity contribution in [2.24, 2.45) is 426 Å². The Balaban J connectivity index is 0.673. The molecule has 0 bridgehead atoms. The highest BCUT2D eigenvalue weighted by Crippen LogP contribution is 2.98. The topological polar surface area (TPSA) is 0 Å². The first kappa shape index (κ1) is 56.0. The van der Waals surface area contributed by atoms with Crippen LogP contribution in [0, 0.1) is 426 Å². The molecule has 0 nitrogen and oxygen atoms in total. The third-order valence-electron chi connectivity index (χ3n) is 55.3. The largest absolute Gasteiger partial charge is 0.0864 e. The maximum absolute atomic E-state index is 2.87. The van der Waals surface area contributed by atoms with Crippen LogP contribution in [0.2, 0.25) is 0 Å². The van der Waals surface area contributed by atoms with Crippen molar-refractivity contribution in [2.75, 3.05) is 4.43 Å². The van der Waals surface area contributed by atoms with Crippen LogP contribution in [0.5, 0.6) is 0 Å². The van der Waals surface area contributed by atoms with Crippen molar-refractivity contribution < 1.29 is 0 Å². The van der Waals surface area contributed by atoms with Crippen LogP contribution < -0.4 is 0 Å². The molecule has 36 saturated carbocycles. The second-order valence-electron chi connectivity index (χ2n) is 52.7. The Hall–Kier alpha value is 0.730. The molecular weight excluding hydrogens is 1340 g/mol. The van der Waals surface area contributed by atoms with E-state index in [0.29, 0.717) is 0 Å². The molecule has 0 amide bonds. The molecule has 0 aromatic heterocycles. The summed E-state index contributed by atoms with van der Waals surface area (Å²) in [7, 11) is 0. The van der Waals surface area contributed by atoms with Gasteiger partial charge >= 0.3 is 0 Å². The molecule has 0 aromatic rings. The van der Waals surface area contributed by atoms with Gasteiger partial charge in [-0.05, 0) is 578 Å². The van der Waals surface area contributed by atoms with Crippen LogP contribution in [-0.4, -0.2) is 4.43 Å². The zero-order valence-corrected chi connectivity index (χ0v) is 64.9. The zero-order valence-electron chi connectivity index (χ0n) is 62.7. The summed E-state index contributed by atoms with van der Waals surface area (Å²) in [6, 6.07) is 0. The number of fused-ring (bicyclic) bond motifs is 4. The monoisotopic (exact) mass is 1470 g/mol. The van der Waals surface area contributed by atoms with E-state index in [1.54, 1.807) is 128 Å². The lowest BCUT2D eigenvalue weighted by Gasteiger charge is -2.93. The molecule has 72 atom stereocenters. The van der Waals surface area contributed by atoms with Crippen molar-refractivity contribution in [1.29, 1.82) is 0 Å². The number of rotatable bonds is 4. The van der Waals surface area contributed by atoms with Gasteiger partial charge < -0.3 is 0 Å². The van der Waals surface area contributed by atoms with E-state index in [2.05, 4.69) is 29.5 Å². The van der Waals surface area contributed by atoms with E-state index in [0.717, 1.165) is 29.6 Å². The van der Waals surface area contributed by atoms with Crippen LogP contribution in [0.25, 0.3) is 0 Å². The van der Waals surface area contributed by atoms with Gasteiger partial charge in [-0.2, -0.15) is 0 Å². The predicted molar refractivity (Wildman–Crippen MR) is 401 cm³/mol. The second kappa shape index (κ2) is 17.2. The molecule has 36 aliphatic rings. The van der Waals surface area contributed by atoms with Gasteiger partial charge in [0.15, 0.2) is 0 Å². The van der Waals surface area contributed by atoms with Gasteiger partial charge in [0.05, 0.1) is 0 Å². The fraction of sp³-hybridized carbons (Fsp3) is 1.00. The predicted octanol–water partition coefficient (Wildman–Crippen LogP) is 20.8. The Morgan fingerprint density at radius 2 is 0.402 bits per heavy atom. The third kappa shape index (κ3) is 5.16. The standard InChI is InChI=1S/C101H131I/c1-30(18-19-102)20-37-23-35-10-11-36-25-41-29-43-26-38-21-32-4-2-6-44-47-14-15-49-46-13-12-31-8-9-34-24-40-28-42-27-39-22-33-5-3-7-45-48-16-17-50-53(37)71-56(35)57(36)73-61(41)77-63(43)74-58(38)69(51(32)44)79-65(47)66(49)81-78-64(46)54(31)55(34)72-60(40)76-62(42)75-59(39)70(52(33)45)80-67(48)68(50)82-83(71)85(73)95-89(77)97-86(74)90(79)92(81)98-94(84(72)78)88(76)96-87(75)91(80)93(82)99(95)101(96)100(97)98/h30-101H,2-29H2,1H3. The van der Waals surface area contributed by atoms with Gasteiger partial charge in [-0.15, -0.1) is 0 Å². The normalized spacial score (nSPS) is 82.0. The van der Waals surface area contributed by atoms with E-state index in [4.69, 9.17) is 0 Å². The lowest BCUT2D eigenvalue weighted by molar-refractivity contribution is -0.464. The summed E-state index contributed by atoms with van der Waals surface area (Å²) >= 11 is 2.86. The summed E-state index contributed by atoms with van der Waals surface area (Å²) in [6.07, 6.45) is 47.4. The molecule has 36 aliphatic carbocycles. The zero-order chi connectivity index (χ0) is 63.4. The molecule has 0 radical (unpaired) electrons. The van der Waals surface area contributed by atoms with Gasteiger partial charge in [0.1, 0.15) is 0 Å². The lowest BCUT2D eigenvalue weighted by atomic mass is 9.11. The second-order valence-corrected chi connectivity index (χ2v) is 53.7. The molecule has 0 aromatic carbocycles. The van der Waals surface area contributed by atoms with Crippen molar-refractivity contribution in [3.05, 3.63) is 0 Å². The van der Waals surface area contributed by atoms with Gasteiger partial charge in [0.2, 0.25) is 0 Å². The SMILES string of the molecule is CC(CCI)CC1CC2CCC3CC4CC5CC6CC7CCCC8C9CCC%10C%11CCC%12CCC%13CC%14CC%15CC%16CC%17CCCC%18C%19CCC%20C1C1C2C3C2C4C3C5C4C6C(C78)C5C9C%10C6C7C%11C%12C%13C8C%14C9C%15C%10C%16C(C%17%18)C%11C%19C%20C%12C1C2C1C3C2C4C5C6C3C(C87)C9C4C%10C%11C%12C1C4C23. The van der Waals surface area contributed by atoms with Crippen molar-refractivity contribution in [1.82, 2.24) is 0 Å². The van der Waals surface area contributed by atoms with E-state index < -0.39 is 0 Å². The highest BCUT2D eigenvalue weighted by molar-refractivity contribution is 14.1. The molecule has 36 rings (SSSR count). The number of alkyl halides is 1. The third-order valence-corrected chi connectivity index (χ3v) is 56.0. The Morgan fingerprint density at radius 3 is 0.765 bits per heavy atom. The van der Waals surface area contributed by atoms with Crippen molar-refractivity contribution in [2.45, 2.75) is 180 Å². The highest BCUT2D eigenvalue weighted by atomic mass is 127. The molecule has 0 N–H and O–H groups in total. The molecular formula is C101H131I. The van der Waals surface area contributed by atoms with E-state index in [-0.39, 0.29) is 0 Å². The van der Waals surface area contributed by atoms with Gasteiger partial charge in [0, 0.05) is 0 Å². The molecule has 0 saturated heterocycles. The number of hydrogen-bond acceptors (Lipinski definition) is 0. The molecule has 0 spiro atoms. The lowest BCUT2D eigenvalue weighted by Crippen LogP contribution is -2.90. The van der Waals surface area contributed by atoms with E-state index in [9.17, 15) is 0 Å². The van der Waals surface area contributed by atoms with Gasteiger partial charge in [-0.3, -0.25) is 0 Å². The summed E-state index contributed by atoms with van der Waals surface area (Å²) in [5.74, 6) is 87.5. The van der Waals surface area contributed by atoms with Gasteiger partial charge in [-0.25, -0.2) is 0 Å². The van der Waals surface area contributed by atoms with Crippen molar-refractivity contribution in [3.8, 4) is 0 Å². The van der Waals surface area contributed by atoms with Crippen molar-refractivity contribution in [3.63, 3.8) is 0 Å². The first-order valence-electron chi connectivity index (χ1n) is 50.1. The summed E-state index contributed by atoms with van der Waals surface area (Å²) in [4.78, 5) is 0. The van der Waals surface area contributed by atoms with Crippen LogP contribution in [0.3, 0.4) is 0 Å². The van der Waals surface area contributed by atoms with Crippen LogP contribution in [0.15, 0.2) is 0 Å². The molecule has 36 fully saturated rings. The minimum atomic E-state index is 0.971. The summed E-state index contributed by atoms with van der Waals surface area (Å²) in [6.45, 7) is 2.87. The average Bonchev–Trinajstić information content (AvgIpc) is 0.606. The molecule has 0 aliphatic heterocycles. The Bertz CT molecular complexity index is 3880. The van der Waals surface area contributed by atoms with Crippen LogP contribution in [0.1, 0.15) is 180 Å². The molecule has 102 heavy (non-hydrogen) atoms. The van der Waals surface area contributed by atoms with E-state index in [1.165, 1.54) is 407 Å². The maximum atomic E-state index is 2.87. The first-order valence-corrected chi connectivity index (χ1v) is 51.7. The number of halogens is 1. The van der Waals surface area contributed by atoms with Crippen molar-refractivity contribution >= 4 is 22.6 Å². The average molecular weight is 1470 g/mol. The Labute approximate surface area is 628 Å². The summed E-state index contributed by atoms with van der Waals surface area (Å²) in [5, 5.41) is 0. The van der Waals surface area contributed by atoms with Gasteiger partial charge in [-0.1, -0.05) is 55.2 Å². The molecule has 0 heterocycles. The van der Waals surface area contributed by atoms with Gasteiger partial charge in [0.25, 0.3) is 0 Å². The molecule has 72 unspecified atom stereocenters. The van der Waals surface area contributed by atoms with Crippen LogP contribution >= 0.6 is 22.6 Å². The Kier molecular flexibility index (Phi) is 9.47. The summed E-state index contributed by atoms with van der Waals surface area (Å²) < 4.78 is 1.42. The maximum Gasteiger partial charge on any atom is -0.000219 e. The fourth-order valence-electron chi connectivity index (χ4n) is 59.4. The molecule has 1 heteroatoms. The smallest absolute Gasteiger partial charge is 0.000219 e. The number of hydrogen-bond donors (Lipinski definition) is 0. The van der Waals surface area contributed by atoms with Crippen LogP contribution in [0.4, 0.5) is 0 Å². The minimum Gasteiger partial charge on any atom is -0.0864 e.